The first kappa shape index (κ1) is 12.4. The van der Waals surface area contributed by atoms with E-state index in [-0.39, 0.29) is 6.47 Å². The van der Waals surface area contributed by atoms with E-state index in [1.165, 1.54) is 30.3 Å². The van der Waals surface area contributed by atoms with Crippen molar-refractivity contribution in [3.8, 4) is 0 Å². The summed E-state index contributed by atoms with van der Waals surface area (Å²) in [6, 6.07) is 11.1. The van der Waals surface area contributed by atoms with Crippen molar-refractivity contribution in [3.63, 3.8) is 0 Å². The van der Waals surface area contributed by atoms with E-state index in [0.29, 0.717) is 6.04 Å². The van der Waals surface area contributed by atoms with Crippen LogP contribution in [-0.4, -0.2) is 22.6 Å². The molecule has 0 amide bonds. The van der Waals surface area contributed by atoms with Crippen molar-refractivity contribution in [2.75, 3.05) is 5.32 Å². The molecule has 94 valence electrons. The lowest BCUT2D eigenvalue weighted by Crippen LogP contribution is -2.27. The van der Waals surface area contributed by atoms with Gasteiger partial charge in [-0.3, -0.25) is 9.78 Å². The first-order valence-electron chi connectivity index (χ1n) is 6.03. The Hall–Kier alpha value is -2.10. The van der Waals surface area contributed by atoms with Crippen molar-refractivity contribution < 1.29 is 9.90 Å². The second-order valence-corrected chi connectivity index (χ2v) is 4.26. The minimum Gasteiger partial charge on any atom is -0.483 e. The van der Waals surface area contributed by atoms with Crippen molar-refractivity contribution in [3.05, 3.63) is 36.5 Å². The van der Waals surface area contributed by atoms with E-state index < -0.39 is 0 Å². The molecule has 2 aromatic rings. The lowest BCUT2D eigenvalue weighted by Gasteiger charge is -2.27. The number of para-hydroxylation sites is 1. The maximum Gasteiger partial charge on any atom is 0.290 e. The van der Waals surface area contributed by atoms with E-state index >= 15 is 0 Å². The molecule has 1 aromatic carbocycles. The highest BCUT2D eigenvalue weighted by Gasteiger charge is 2.17. The zero-order chi connectivity index (χ0) is 12.8. The Morgan fingerprint density at radius 2 is 2.00 bits per heavy atom. The molecule has 1 aromatic heterocycles. The first-order valence-corrected chi connectivity index (χ1v) is 6.03. The second-order valence-electron chi connectivity index (χ2n) is 4.26. The van der Waals surface area contributed by atoms with Gasteiger partial charge in [0, 0.05) is 17.6 Å². The fourth-order valence-corrected chi connectivity index (χ4v) is 1.99. The van der Waals surface area contributed by atoms with Crippen LogP contribution in [0.5, 0.6) is 0 Å². The predicted octanol–water partition coefficient (Wildman–Crippen LogP) is 2.90. The van der Waals surface area contributed by atoms with Gasteiger partial charge in [0.05, 0.1) is 11.2 Å². The van der Waals surface area contributed by atoms with Gasteiger partial charge < -0.3 is 10.4 Å². The molecule has 1 aliphatic carbocycles. The predicted molar refractivity (Wildman–Crippen MR) is 71.7 cm³/mol. The summed E-state index contributed by atoms with van der Waals surface area (Å²) < 4.78 is 0. The van der Waals surface area contributed by atoms with Crippen molar-refractivity contribution in [1.29, 1.82) is 0 Å². The highest BCUT2D eigenvalue weighted by atomic mass is 16.3. The molecule has 1 aliphatic rings. The number of nitrogens with one attached hydrogen (secondary N) is 1. The van der Waals surface area contributed by atoms with Gasteiger partial charge in [0.2, 0.25) is 0 Å². The van der Waals surface area contributed by atoms with Crippen LogP contribution in [0.1, 0.15) is 19.3 Å². The van der Waals surface area contributed by atoms with Gasteiger partial charge in [-0.25, -0.2) is 0 Å². The first-order chi connectivity index (χ1) is 8.85. The molecule has 18 heavy (non-hydrogen) atoms. The van der Waals surface area contributed by atoms with E-state index in [1.54, 1.807) is 0 Å². The number of carboxylic acid groups (broad SMARTS) is 1. The zero-order valence-electron chi connectivity index (χ0n) is 10.0. The molecule has 0 atom stereocenters. The molecule has 4 nitrogen and oxygen atoms in total. The van der Waals surface area contributed by atoms with Gasteiger partial charge in [-0.15, -0.1) is 0 Å². The Kier molecular flexibility index (Phi) is 4.12. The molecule has 0 saturated heterocycles. The summed E-state index contributed by atoms with van der Waals surface area (Å²) in [7, 11) is 0. The molecule has 0 radical (unpaired) electrons. The third kappa shape index (κ3) is 2.77. The smallest absolute Gasteiger partial charge is 0.290 e. The van der Waals surface area contributed by atoms with Crippen LogP contribution in [-0.2, 0) is 4.79 Å². The van der Waals surface area contributed by atoms with E-state index in [1.807, 2.05) is 12.3 Å². The van der Waals surface area contributed by atoms with Crippen molar-refractivity contribution in [1.82, 2.24) is 4.98 Å². The SMILES string of the molecule is O=CO.c1cnc2c(NC3CCC3)cccc2c1. The van der Waals surface area contributed by atoms with Gasteiger partial charge in [-0.1, -0.05) is 18.2 Å². The lowest BCUT2D eigenvalue weighted by atomic mass is 9.93. The third-order valence-electron chi connectivity index (χ3n) is 3.10. The number of fused-ring (bicyclic) bond motifs is 1. The number of rotatable bonds is 2. The number of hydrogen-bond donors (Lipinski definition) is 2. The molecule has 0 aliphatic heterocycles. The second kappa shape index (κ2) is 6.00. The van der Waals surface area contributed by atoms with Crippen LogP contribution in [0.25, 0.3) is 10.9 Å². The van der Waals surface area contributed by atoms with Gasteiger partial charge in [-0.05, 0) is 31.4 Å². The quantitative estimate of drug-likeness (QED) is 0.797. The van der Waals surface area contributed by atoms with Crippen LogP contribution < -0.4 is 5.32 Å². The summed E-state index contributed by atoms with van der Waals surface area (Å²) in [5, 5.41) is 11.7. The lowest BCUT2D eigenvalue weighted by molar-refractivity contribution is -0.122. The Morgan fingerprint density at radius 1 is 1.28 bits per heavy atom. The third-order valence-corrected chi connectivity index (χ3v) is 3.10. The Labute approximate surface area is 106 Å². The largest absolute Gasteiger partial charge is 0.483 e. The number of nitrogens with zero attached hydrogens (tertiary/aromatic N) is 1. The maximum atomic E-state index is 8.36. The Bertz CT molecular complexity index is 519. The minimum atomic E-state index is -0.250. The molecule has 1 saturated carbocycles. The standard InChI is InChI=1S/C13H14N2.CH2O2/c1-4-10-5-3-9-14-13(10)12(8-1)15-11-6-2-7-11;2-1-3/h1,3-5,8-9,11,15H,2,6-7H2;1H,(H,2,3). The van der Waals surface area contributed by atoms with Gasteiger partial charge in [0.15, 0.2) is 0 Å². The van der Waals surface area contributed by atoms with E-state index in [0.717, 1.165) is 5.52 Å². The molecule has 0 spiro atoms. The van der Waals surface area contributed by atoms with Crippen LogP contribution in [0.2, 0.25) is 0 Å². The monoisotopic (exact) mass is 244 g/mol. The topological polar surface area (TPSA) is 62.2 Å². The number of anilines is 1. The number of hydrogen-bond acceptors (Lipinski definition) is 3. The molecule has 0 unspecified atom stereocenters. The summed E-state index contributed by atoms with van der Waals surface area (Å²) in [6.45, 7) is -0.250. The number of benzene rings is 1. The molecular formula is C14H16N2O2. The summed E-state index contributed by atoms with van der Waals surface area (Å²) in [4.78, 5) is 12.8. The molecule has 2 N–H and O–H groups in total. The van der Waals surface area contributed by atoms with Crippen molar-refractivity contribution in [2.24, 2.45) is 0 Å². The highest BCUT2D eigenvalue weighted by molar-refractivity contribution is 5.90. The van der Waals surface area contributed by atoms with Crippen LogP contribution >= 0.6 is 0 Å². The minimum absolute atomic E-state index is 0.250. The Morgan fingerprint density at radius 3 is 2.67 bits per heavy atom. The van der Waals surface area contributed by atoms with Crippen LogP contribution in [0, 0.1) is 0 Å². The fourth-order valence-electron chi connectivity index (χ4n) is 1.99. The van der Waals surface area contributed by atoms with Crippen molar-refractivity contribution in [2.45, 2.75) is 25.3 Å². The van der Waals surface area contributed by atoms with E-state index in [9.17, 15) is 0 Å². The van der Waals surface area contributed by atoms with Gasteiger partial charge in [0.25, 0.3) is 6.47 Å². The normalized spacial score (nSPS) is 14.2. The summed E-state index contributed by atoms with van der Waals surface area (Å²) in [5.41, 5.74) is 2.27. The zero-order valence-corrected chi connectivity index (χ0v) is 10.0. The summed E-state index contributed by atoms with van der Waals surface area (Å²) in [5.74, 6) is 0. The summed E-state index contributed by atoms with van der Waals surface area (Å²) >= 11 is 0. The number of pyridine rings is 1. The van der Waals surface area contributed by atoms with Crippen LogP contribution in [0.4, 0.5) is 5.69 Å². The molecule has 0 bridgehead atoms. The fraction of sp³-hybridized carbons (Fsp3) is 0.286. The number of aromatic nitrogens is 1. The van der Waals surface area contributed by atoms with Crippen molar-refractivity contribution >= 4 is 23.1 Å². The number of carbonyl (C=O) groups is 1. The summed E-state index contributed by atoms with van der Waals surface area (Å²) in [6.07, 6.45) is 5.80. The molecule has 1 heterocycles. The molecule has 4 heteroatoms. The van der Waals surface area contributed by atoms with E-state index in [4.69, 9.17) is 9.90 Å². The molecular weight excluding hydrogens is 228 g/mol. The molecule has 1 fully saturated rings. The molecule has 3 rings (SSSR count). The van der Waals surface area contributed by atoms with Gasteiger partial charge in [0.1, 0.15) is 0 Å². The maximum absolute atomic E-state index is 8.36. The average Bonchev–Trinajstić information content (AvgIpc) is 2.35. The average molecular weight is 244 g/mol. The van der Waals surface area contributed by atoms with Gasteiger partial charge in [-0.2, -0.15) is 0 Å². The van der Waals surface area contributed by atoms with Gasteiger partial charge >= 0.3 is 0 Å². The van der Waals surface area contributed by atoms with E-state index in [2.05, 4.69) is 34.6 Å². The van der Waals surface area contributed by atoms with Crippen LogP contribution in [0.15, 0.2) is 36.5 Å². The highest BCUT2D eigenvalue weighted by Crippen LogP contribution is 2.27. The Balaban J connectivity index is 0.000000367. The van der Waals surface area contributed by atoms with Crippen LogP contribution in [0.3, 0.4) is 0 Å².